The first-order valence-corrected chi connectivity index (χ1v) is 11.3. The lowest BCUT2D eigenvalue weighted by Gasteiger charge is -2.21. The van der Waals surface area contributed by atoms with Crippen LogP contribution in [0.3, 0.4) is 0 Å². The van der Waals surface area contributed by atoms with Crippen LogP contribution in [0.5, 0.6) is 0 Å². The zero-order valence-electron chi connectivity index (χ0n) is 16.9. The average Bonchev–Trinajstić information content (AvgIpc) is 3.14. The molecule has 0 aliphatic rings. The van der Waals surface area contributed by atoms with E-state index in [0.29, 0.717) is 30.8 Å². The summed E-state index contributed by atoms with van der Waals surface area (Å²) in [5, 5.41) is 4.52. The SMILES string of the molecule is CCC(=O)C[C@H](Cc1nc2ccc(Cl)cc2s1)C(=O)N[C@H](CN)Cc1ccccc1. The average molecular weight is 444 g/mol. The largest absolute Gasteiger partial charge is 0.352 e. The van der Waals surface area contributed by atoms with E-state index in [1.807, 2.05) is 49.4 Å². The van der Waals surface area contributed by atoms with Crippen LogP contribution in [-0.4, -0.2) is 29.3 Å². The van der Waals surface area contributed by atoms with E-state index in [9.17, 15) is 9.59 Å². The lowest BCUT2D eigenvalue weighted by molar-refractivity contribution is -0.129. The van der Waals surface area contributed by atoms with Crippen molar-refractivity contribution in [3.05, 3.63) is 64.1 Å². The second-order valence-electron chi connectivity index (χ2n) is 7.35. The smallest absolute Gasteiger partial charge is 0.224 e. The highest BCUT2D eigenvalue weighted by Gasteiger charge is 2.25. The number of aromatic nitrogens is 1. The summed E-state index contributed by atoms with van der Waals surface area (Å²) in [6.45, 7) is 2.14. The molecule has 0 saturated carbocycles. The van der Waals surface area contributed by atoms with Gasteiger partial charge in [-0.2, -0.15) is 0 Å². The van der Waals surface area contributed by atoms with Gasteiger partial charge in [-0.05, 0) is 30.2 Å². The molecule has 0 spiro atoms. The molecule has 0 aliphatic carbocycles. The molecule has 1 amide bonds. The van der Waals surface area contributed by atoms with Crippen molar-refractivity contribution in [1.29, 1.82) is 0 Å². The number of hydrogen-bond donors (Lipinski definition) is 2. The lowest BCUT2D eigenvalue weighted by atomic mass is 9.96. The Morgan fingerprint density at radius 3 is 2.63 bits per heavy atom. The maximum absolute atomic E-state index is 13.1. The van der Waals surface area contributed by atoms with Crippen LogP contribution in [0.4, 0.5) is 0 Å². The standard InChI is InChI=1S/C23H26ClN3O2S/c1-2-19(28)11-16(12-22-27-20-9-8-17(24)13-21(20)30-22)23(29)26-18(14-25)10-15-6-4-3-5-7-15/h3-9,13,16,18H,2,10-12,14,25H2,1H3,(H,26,29)/t16-,18+/m1/s1. The highest BCUT2D eigenvalue weighted by atomic mass is 35.5. The van der Waals surface area contributed by atoms with E-state index >= 15 is 0 Å². The van der Waals surface area contributed by atoms with E-state index in [0.717, 1.165) is 20.8 Å². The van der Waals surface area contributed by atoms with Gasteiger partial charge in [0.15, 0.2) is 0 Å². The van der Waals surface area contributed by atoms with Crippen molar-refractivity contribution in [2.45, 2.75) is 38.6 Å². The van der Waals surface area contributed by atoms with Crippen molar-refractivity contribution >= 4 is 44.8 Å². The van der Waals surface area contributed by atoms with Crippen molar-refractivity contribution in [1.82, 2.24) is 10.3 Å². The third-order valence-corrected chi connectivity index (χ3v) is 6.29. The third kappa shape index (κ3) is 6.11. The number of benzene rings is 2. The van der Waals surface area contributed by atoms with Gasteiger partial charge < -0.3 is 11.1 Å². The molecular weight excluding hydrogens is 418 g/mol. The van der Waals surface area contributed by atoms with E-state index in [1.54, 1.807) is 6.07 Å². The molecule has 3 rings (SSSR count). The highest BCUT2D eigenvalue weighted by molar-refractivity contribution is 7.18. The molecule has 0 bridgehead atoms. The topological polar surface area (TPSA) is 85.1 Å². The number of halogens is 1. The van der Waals surface area contributed by atoms with Gasteiger partial charge in [-0.25, -0.2) is 4.98 Å². The van der Waals surface area contributed by atoms with Gasteiger partial charge in [0, 0.05) is 36.9 Å². The number of carbonyl (C=O) groups is 2. The first-order valence-electron chi connectivity index (χ1n) is 10.1. The summed E-state index contributed by atoms with van der Waals surface area (Å²) in [5.41, 5.74) is 7.87. The minimum atomic E-state index is -0.474. The van der Waals surface area contributed by atoms with Gasteiger partial charge in [0.2, 0.25) is 5.91 Å². The number of Topliss-reactive ketones (excluding diaryl/α,β-unsaturated/α-hetero) is 1. The number of nitrogens with zero attached hydrogens (tertiary/aromatic N) is 1. The number of nitrogens with one attached hydrogen (secondary N) is 1. The second kappa shape index (κ2) is 10.7. The molecule has 2 atom stereocenters. The van der Waals surface area contributed by atoms with Gasteiger partial charge in [-0.1, -0.05) is 48.9 Å². The first-order chi connectivity index (χ1) is 14.5. The summed E-state index contributed by atoms with van der Waals surface area (Å²) in [7, 11) is 0. The van der Waals surface area contributed by atoms with Gasteiger partial charge in [0.1, 0.15) is 5.78 Å². The van der Waals surface area contributed by atoms with Crippen molar-refractivity contribution < 1.29 is 9.59 Å². The van der Waals surface area contributed by atoms with Gasteiger partial charge in [-0.3, -0.25) is 9.59 Å². The Morgan fingerprint density at radius 2 is 1.93 bits per heavy atom. The molecule has 0 radical (unpaired) electrons. The highest BCUT2D eigenvalue weighted by Crippen LogP contribution is 2.27. The van der Waals surface area contributed by atoms with Gasteiger partial charge in [0.25, 0.3) is 0 Å². The van der Waals surface area contributed by atoms with E-state index in [1.165, 1.54) is 11.3 Å². The van der Waals surface area contributed by atoms with Gasteiger partial charge in [0.05, 0.1) is 21.1 Å². The molecule has 5 nitrogen and oxygen atoms in total. The lowest BCUT2D eigenvalue weighted by Crippen LogP contribution is -2.45. The van der Waals surface area contributed by atoms with E-state index in [2.05, 4.69) is 10.3 Å². The molecular formula is C23H26ClN3O2S. The molecule has 0 aliphatic heterocycles. The van der Waals surface area contributed by atoms with Crippen LogP contribution in [0.2, 0.25) is 5.02 Å². The normalized spacial score (nSPS) is 13.2. The number of rotatable bonds is 10. The summed E-state index contributed by atoms with van der Waals surface area (Å²) in [6, 6.07) is 15.3. The number of nitrogens with two attached hydrogens (primary N) is 1. The molecule has 0 saturated heterocycles. The number of fused-ring (bicyclic) bond motifs is 1. The monoisotopic (exact) mass is 443 g/mol. The summed E-state index contributed by atoms with van der Waals surface area (Å²) >= 11 is 7.58. The van der Waals surface area contributed by atoms with Crippen molar-refractivity contribution in [3.63, 3.8) is 0 Å². The molecule has 1 heterocycles. The molecule has 158 valence electrons. The first kappa shape index (κ1) is 22.4. The zero-order chi connectivity index (χ0) is 21.5. The second-order valence-corrected chi connectivity index (χ2v) is 8.90. The van der Waals surface area contributed by atoms with Crippen LogP contribution >= 0.6 is 22.9 Å². The van der Waals surface area contributed by atoms with Crippen molar-refractivity contribution in [3.8, 4) is 0 Å². The van der Waals surface area contributed by atoms with Crippen LogP contribution in [0.15, 0.2) is 48.5 Å². The number of carbonyl (C=O) groups excluding carboxylic acids is 2. The zero-order valence-corrected chi connectivity index (χ0v) is 18.5. The van der Waals surface area contributed by atoms with Crippen LogP contribution in [0.1, 0.15) is 30.3 Å². The molecule has 1 aromatic heterocycles. The fourth-order valence-electron chi connectivity index (χ4n) is 3.33. The van der Waals surface area contributed by atoms with Gasteiger partial charge in [-0.15, -0.1) is 11.3 Å². The minimum Gasteiger partial charge on any atom is -0.352 e. The Labute approximate surface area is 185 Å². The maximum Gasteiger partial charge on any atom is 0.224 e. The number of amides is 1. The Balaban J connectivity index is 1.73. The van der Waals surface area contributed by atoms with Crippen molar-refractivity contribution in [2.75, 3.05) is 6.54 Å². The van der Waals surface area contributed by atoms with Crippen LogP contribution in [0.25, 0.3) is 10.2 Å². The Morgan fingerprint density at radius 1 is 1.17 bits per heavy atom. The fourth-order valence-corrected chi connectivity index (χ4v) is 4.66. The summed E-state index contributed by atoms with van der Waals surface area (Å²) in [5.74, 6) is -0.564. The predicted octanol–water partition coefficient (Wildman–Crippen LogP) is 4.16. The fraction of sp³-hybridized carbons (Fsp3) is 0.348. The van der Waals surface area contributed by atoms with E-state index < -0.39 is 5.92 Å². The third-order valence-electron chi connectivity index (χ3n) is 5.01. The summed E-state index contributed by atoms with van der Waals surface area (Å²) in [4.78, 5) is 29.8. The Bertz CT molecular complexity index is 1010. The summed E-state index contributed by atoms with van der Waals surface area (Å²) < 4.78 is 0.974. The molecule has 3 N–H and O–H groups in total. The molecule has 0 unspecified atom stereocenters. The molecule has 2 aromatic carbocycles. The number of hydrogen-bond acceptors (Lipinski definition) is 5. The van der Waals surface area contributed by atoms with E-state index in [-0.39, 0.29) is 24.2 Å². The van der Waals surface area contributed by atoms with Crippen LogP contribution in [0, 0.1) is 5.92 Å². The van der Waals surface area contributed by atoms with E-state index in [4.69, 9.17) is 17.3 Å². The Hall–Kier alpha value is -2.28. The Kier molecular flexibility index (Phi) is 7.96. The van der Waals surface area contributed by atoms with Crippen LogP contribution in [-0.2, 0) is 22.4 Å². The maximum atomic E-state index is 13.1. The molecule has 30 heavy (non-hydrogen) atoms. The summed E-state index contributed by atoms with van der Waals surface area (Å²) in [6.07, 6.45) is 1.67. The van der Waals surface area contributed by atoms with Gasteiger partial charge >= 0.3 is 0 Å². The number of ketones is 1. The molecule has 3 aromatic rings. The molecule has 0 fully saturated rings. The molecule has 7 heteroatoms. The van der Waals surface area contributed by atoms with Crippen molar-refractivity contribution in [2.24, 2.45) is 11.7 Å². The number of thiazole rings is 1. The quantitative estimate of drug-likeness (QED) is 0.492. The van der Waals surface area contributed by atoms with Crippen LogP contribution < -0.4 is 11.1 Å². The predicted molar refractivity (Wildman–Crippen MR) is 123 cm³/mol. The minimum absolute atomic E-state index is 0.0617.